The average molecular weight is 309 g/mol. The number of para-hydroxylation sites is 1. The number of aryl methyl sites for hydroxylation is 2. The summed E-state index contributed by atoms with van der Waals surface area (Å²) in [4.78, 5) is 14.9. The van der Waals surface area contributed by atoms with Gasteiger partial charge in [-0.1, -0.05) is 37.3 Å². The van der Waals surface area contributed by atoms with Crippen molar-refractivity contribution in [3.63, 3.8) is 0 Å². The highest BCUT2D eigenvalue weighted by Gasteiger charge is 2.28. The molecule has 3 heteroatoms. The highest BCUT2D eigenvalue weighted by atomic mass is 16.5. The van der Waals surface area contributed by atoms with Crippen LogP contribution < -0.4 is 9.64 Å². The van der Waals surface area contributed by atoms with E-state index in [-0.39, 0.29) is 5.91 Å². The molecule has 1 heterocycles. The van der Waals surface area contributed by atoms with Gasteiger partial charge in [-0.2, -0.15) is 0 Å². The van der Waals surface area contributed by atoms with Gasteiger partial charge in [0, 0.05) is 12.2 Å². The first-order valence-electron chi connectivity index (χ1n) is 8.31. The molecule has 0 N–H and O–H groups in total. The summed E-state index contributed by atoms with van der Waals surface area (Å²) in [5.41, 5.74) is 3.42. The van der Waals surface area contributed by atoms with Crippen LogP contribution in [-0.2, 0) is 11.2 Å². The third-order valence-electron chi connectivity index (χ3n) is 4.29. The summed E-state index contributed by atoms with van der Waals surface area (Å²) in [5, 5.41) is 0. The Labute approximate surface area is 137 Å². The number of fused-ring (bicyclic) bond motifs is 1. The van der Waals surface area contributed by atoms with Crippen LogP contribution in [0.5, 0.6) is 5.75 Å². The Balaban J connectivity index is 1.81. The summed E-state index contributed by atoms with van der Waals surface area (Å²) >= 11 is 0. The zero-order valence-corrected chi connectivity index (χ0v) is 13.8. The van der Waals surface area contributed by atoms with E-state index in [1.807, 2.05) is 61.2 Å². The Morgan fingerprint density at radius 3 is 2.83 bits per heavy atom. The number of nitrogens with zero attached hydrogens (tertiary/aromatic N) is 1. The zero-order chi connectivity index (χ0) is 16.2. The topological polar surface area (TPSA) is 29.5 Å². The summed E-state index contributed by atoms with van der Waals surface area (Å²) < 4.78 is 5.98. The normalized spacial score (nSPS) is 15.0. The van der Waals surface area contributed by atoms with Gasteiger partial charge in [0.05, 0.1) is 0 Å². The molecule has 0 radical (unpaired) electrons. The third kappa shape index (κ3) is 3.39. The minimum atomic E-state index is -0.442. The second kappa shape index (κ2) is 6.86. The Morgan fingerprint density at radius 2 is 2.04 bits per heavy atom. The lowest BCUT2D eigenvalue weighted by atomic mass is 10.0. The second-order valence-corrected chi connectivity index (χ2v) is 6.05. The molecule has 3 nitrogen and oxygen atoms in total. The molecule has 2 aromatic carbocycles. The molecule has 1 amide bonds. The molecular weight excluding hydrogens is 286 g/mol. The lowest BCUT2D eigenvalue weighted by Gasteiger charge is -2.32. The number of carbonyl (C=O) groups excluding carboxylic acids is 1. The molecule has 23 heavy (non-hydrogen) atoms. The minimum absolute atomic E-state index is 0.0566. The molecule has 0 fully saturated rings. The monoisotopic (exact) mass is 309 g/mol. The molecule has 0 aromatic heterocycles. The van der Waals surface area contributed by atoms with E-state index in [0.29, 0.717) is 6.42 Å². The van der Waals surface area contributed by atoms with Gasteiger partial charge in [0.2, 0.25) is 0 Å². The van der Waals surface area contributed by atoms with Gasteiger partial charge in [0.15, 0.2) is 6.10 Å². The number of hydrogen-bond acceptors (Lipinski definition) is 2. The largest absolute Gasteiger partial charge is 0.481 e. The average Bonchev–Trinajstić information content (AvgIpc) is 2.58. The predicted molar refractivity (Wildman–Crippen MR) is 93.0 cm³/mol. The van der Waals surface area contributed by atoms with E-state index in [1.54, 1.807) is 0 Å². The van der Waals surface area contributed by atoms with E-state index in [1.165, 1.54) is 5.56 Å². The van der Waals surface area contributed by atoms with Crippen molar-refractivity contribution in [3.05, 3.63) is 59.7 Å². The van der Waals surface area contributed by atoms with Crippen LogP contribution in [0.25, 0.3) is 0 Å². The van der Waals surface area contributed by atoms with Crippen LogP contribution in [0.15, 0.2) is 48.5 Å². The minimum Gasteiger partial charge on any atom is -0.481 e. The van der Waals surface area contributed by atoms with Gasteiger partial charge in [-0.05, 0) is 55.5 Å². The van der Waals surface area contributed by atoms with E-state index in [9.17, 15) is 4.79 Å². The fourth-order valence-electron chi connectivity index (χ4n) is 3.10. The summed E-state index contributed by atoms with van der Waals surface area (Å²) in [7, 11) is 0. The Hall–Kier alpha value is -2.29. The number of anilines is 1. The van der Waals surface area contributed by atoms with Crippen LogP contribution in [-0.4, -0.2) is 18.6 Å². The highest BCUT2D eigenvalue weighted by molar-refractivity contribution is 5.97. The van der Waals surface area contributed by atoms with E-state index in [0.717, 1.165) is 36.4 Å². The molecule has 0 unspecified atom stereocenters. The Bertz CT molecular complexity index is 696. The van der Waals surface area contributed by atoms with Crippen LogP contribution >= 0.6 is 0 Å². The quantitative estimate of drug-likeness (QED) is 0.850. The van der Waals surface area contributed by atoms with Crippen molar-refractivity contribution in [2.75, 3.05) is 11.4 Å². The molecule has 0 saturated carbocycles. The zero-order valence-electron chi connectivity index (χ0n) is 13.8. The smallest absolute Gasteiger partial charge is 0.268 e. The molecule has 1 aliphatic heterocycles. The molecule has 0 saturated heterocycles. The van der Waals surface area contributed by atoms with Crippen LogP contribution in [0.4, 0.5) is 5.69 Å². The van der Waals surface area contributed by atoms with Gasteiger partial charge >= 0.3 is 0 Å². The molecule has 0 bridgehead atoms. The predicted octanol–water partition coefficient (Wildman–Crippen LogP) is 4.13. The Kier molecular flexibility index (Phi) is 4.65. The molecular formula is C20H23NO2. The van der Waals surface area contributed by atoms with E-state index in [4.69, 9.17) is 4.74 Å². The number of amides is 1. The fraction of sp³-hybridized carbons (Fsp3) is 0.350. The van der Waals surface area contributed by atoms with E-state index in [2.05, 4.69) is 6.07 Å². The maximum atomic E-state index is 13.0. The first-order valence-corrected chi connectivity index (χ1v) is 8.31. The number of benzene rings is 2. The van der Waals surface area contributed by atoms with Crippen molar-refractivity contribution in [2.45, 2.75) is 39.2 Å². The number of carbonyl (C=O) groups is 1. The van der Waals surface area contributed by atoms with Crippen molar-refractivity contribution >= 4 is 11.6 Å². The maximum Gasteiger partial charge on any atom is 0.268 e. The molecule has 3 rings (SSSR count). The number of ether oxygens (including phenoxy) is 1. The summed E-state index contributed by atoms with van der Waals surface area (Å²) in [6, 6.07) is 16.0. The molecule has 0 aliphatic carbocycles. The van der Waals surface area contributed by atoms with Crippen molar-refractivity contribution in [1.82, 2.24) is 0 Å². The summed E-state index contributed by atoms with van der Waals surface area (Å²) in [6.45, 7) is 4.79. The van der Waals surface area contributed by atoms with Gasteiger partial charge < -0.3 is 9.64 Å². The van der Waals surface area contributed by atoms with Gasteiger partial charge in [-0.15, -0.1) is 0 Å². The Morgan fingerprint density at radius 1 is 1.22 bits per heavy atom. The second-order valence-electron chi connectivity index (χ2n) is 6.05. The van der Waals surface area contributed by atoms with Crippen molar-refractivity contribution in [3.8, 4) is 5.75 Å². The molecule has 2 aromatic rings. The molecule has 0 spiro atoms. The molecule has 1 aliphatic rings. The lowest BCUT2D eigenvalue weighted by molar-refractivity contribution is -0.125. The first kappa shape index (κ1) is 15.6. The van der Waals surface area contributed by atoms with Crippen LogP contribution in [0.3, 0.4) is 0 Å². The lowest BCUT2D eigenvalue weighted by Crippen LogP contribution is -2.44. The number of rotatable bonds is 4. The van der Waals surface area contributed by atoms with Crippen molar-refractivity contribution < 1.29 is 9.53 Å². The maximum absolute atomic E-state index is 13.0. The molecule has 1 atom stereocenters. The standard InChI is InChI=1S/C20H23NO2/c1-3-19(23-17-11-6-8-15(2)14-17)20(22)21-13-7-10-16-9-4-5-12-18(16)21/h4-6,8-9,11-12,14,19H,3,7,10,13H2,1-2H3/t19-/m1/s1. The molecule has 120 valence electrons. The fourth-order valence-corrected chi connectivity index (χ4v) is 3.10. The SMILES string of the molecule is CC[C@@H](Oc1cccc(C)c1)C(=O)N1CCCc2ccccc21. The van der Waals surface area contributed by atoms with Crippen LogP contribution in [0.1, 0.15) is 30.9 Å². The first-order chi connectivity index (χ1) is 11.2. The summed E-state index contributed by atoms with van der Waals surface area (Å²) in [5.74, 6) is 0.816. The summed E-state index contributed by atoms with van der Waals surface area (Å²) in [6.07, 6.45) is 2.26. The van der Waals surface area contributed by atoms with Crippen LogP contribution in [0.2, 0.25) is 0 Å². The third-order valence-corrected chi connectivity index (χ3v) is 4.29. The van der Waals surface area contributed by atoms with Gasteiger partial charge in [-0.3, -0.25) is 4.79 Å². The van der Waals surface area contributed by atoms with Gasteiger partial charge in [0.1, 0.15) is 5.75 Å². The van der Waals surface area contributed by atoms with Gasteiger partial charge in [-0.25, -0.2) is 0 Å². The van der Waals surface area contributed by atoms with E-state index < -0.39 is 6.10 Å². The highest BCUT2D eigenvalue weighted by Crippen LogP contribution is 2.28. The van der Waals surface area contributed by atoms with E-state index >= 15 is 0 Å². The number of hydrogen-bond donors (Lipinski definition) is 0. The van der Waals surface area contributed by atoms with Crippen molar-refractivity contribution in [2.24, 2.45) is 0 Å². The van der Waals surface area contributed by atoms with Crippen molar-refractivity contribution in [1.29, 1.82) is 0 Å². The van der Waals surface area contributed by atoms with Gasteiger partial charge in [0.25, 0.3) is 5.91 Å². The van der Waals surface area contributed by atoms with Crippen LogP contribution in [0, 0.1) is 6.92 Å².